The van der Waals surface area contributed by atoms with Crippen molar-refractivity contribution in [2.45, 2.75) is 14.4 Å². The van der Waals surface area contributed by atoms with Gasteiger partial charge in [0.05, 0.1) is 33.3 Å². The number of carbonyl (C=O) groups excluding carboxylic acids is 1. The Morgan fingerprint density at radius 2 is 1.69 bits per heavy atom. The van der Waals surface area contributed by atoms with Gasteiger partial charge in [0, 0.05) is 11.3 Å². The standard InChI is InChI=1S/C25H24N4O4S3/c1-31-20-12-11-17(22(32-2)23(20)33-3)13-26-27-21(30)15-35-25-29-28-24(36-25)34-14-18-9-6-8-16-7-4-5-10-19(16)18/h4-13H,14-15H2,1-3H3,(H,27,30). The van der Waals surface area contributed by atoms with Crippen LogP contribution in [0.4, 0.5) is 0 Å². The van der Waals surface area contributed by atoms with Crippen molar-refractivity contribution in [1.82, 2.24) is 15.6 Å². The first-order valence-corrected chi connectivity index (χ1v) is 13.6. The fraction of sp³-hybridized carbons (Fsp3) is 0.200. The number of hydrogen-bond acceptors (Lipinski definition) is 10. The number of nitrogens with one attached hydrogen (secondary N) is 1. The van der Waals surface area contributed by atoms with E-state index in [2.05, 4.69) is 57.1 Å². The van der Waals surface area contributed by atoms with E-state index in [1.165, 1.54) is 59.9 Å². The minimum atomic E-state index is -0.254. The predicted octanol–water partition coefficient (Wildman–Crippen LogP) is 5.25. The Morgan fingerprint density at radius 1 is 0.944 bits per heavy atom. The Kier molecular flexibility index (Phi) is 9.04. The molecule has 186 valence electrons. The van der Waals surface area contributed by atoms with Gasteiger partial charge in [-0.2, -0.15) is 5.10 Å². The summed E-state index contributed by atoms with van der Waals surface area (Å²) in [5.41, 5.74) is 4.42. The highest BCUT2D eigenvalue weighted by Crippen LogP contribution is 2.39. The summed E-state index contributed by atoms with van der Waals surface area (Å²) in [7, 11) is 4.61. The average molecular weight is 541 g/mol. The van der Waals surface area contributed by atoms with Crippen LogP contribution in [-0.2, 0) is 10.5 Å². The molecular weight excluding hydrogens is 517 g/mol. The van der Waals surface area contributed by atoms with Crippen molar-refractivity contribution in [2.75, 3.05) is 27.1 Å². The van der Waals surface area contributed by atoms with Crippen LogP contribution in [0.25, 0.3) is 10.8 Å². The third-order valence-electron chi connectivity index (χ3n) is 5.07. The molecule has 1 aromatic heterocycles. The lowest BCUT2D eigenvalue weighted by Gasteiger charge is -2.13. The van der Waals surface area contributed by atoms with Crippen LogP contribution in [0.3, 0.4) is 0 Å². The van der Waals surface area contributed by atoms with Crippen molar-refractivity contribution in [3.8, 4) is 17.2 Å². The van der Waals surface area contributed by atoms with Gasteiger partial charge in [-0.25, -0.2) is 5.43 Å². The zero-order chi connectivity index (χ0) is 25.3. The van der Waals surface area contributed by atoms with E-state index in [1.54, 1.807) is 31.0 Å². The lowest BCUT2D eigenvalue weighted by atomic mass is 10.1. The molecule has 0 spiro atoms. The summed E-state index contributed by atoms with van der Waals surface area (Å²) in [6, 6.07) is 18.2. The molecule has 4 aromatic rings. The molecule has 0 atom stereocenters. The van der Waals surface area contributed by atoms with Crippen molar-refractivity contribution in [2.24, 2.45) is 5.10 Å². The molecule has 0 bridgehead atoms. The number of nitrogens with zero attached hydrogens (tertiary/aromatic N) is 3. The van der Waals surface area contributed by atoms with Crippen LogP contribution >= 0.6 is 34.9 Å². The normalized spacial score (nSPS) is 11.1. The molecule has 3 aromatic carbocycles. The number of amides is 1. The number of methoxy groups -OCH3 is 3. The highest BCUT2D eigenvalue weighted by atomic mass is 32.2. The molecular formula is C25H24N4O4S3. The monoisotopic (exact) mass is 540 g/mol. The van der Waals surface area contributed by atoms with Gasteiger partial charge in [-0.1, -0.05) is 77.3 Å². The van der Waals surface area contributed by atoms with Gasteiger partial charge in [-0.3, -0.25) is 4.79 Å². The number of thioether (sulfide) groups is 2. The van der Waals surface area contributed by atoms with E-state index >= 15 is 0 Å². The maximum atomic E-state index is 12.3. The molecule has 4 rings (SSSR count). The summed E-state index contributed by atoms with van der Waals surface area (Å²) in [5.74, 6) is 2.18. The van der Waals surface area contributed by atoms with E-state index in [1.807, 2.05) is 6.07 Å². The van der Waals surface area contributed by atoms with Gasteiger partial charge in [0.25, 0.3) is 5.91 Å². The van der Waals surface area contributed by atoms with E-state index in [4.69, 9.17) is 14.2 Å². The van der Waals surface area contributed by atoms with Gasteiger partial charge in [0.1, 0.15) is 0 Å². The number of aromatic nitrogens is 2. The largest absolute Gasteiger partial charge is 0.493 e. The third kappa shape index (κ3) is 6.28. The zero-order valence-corrected chi connectivity index (χ0v) is 22.3. The number of rotatable bonds is 11. The van der Waals surface area contributed by atoms with Gasteiger partial charge < -0.3 is 14.2 Å². The van der Waals surface area contributed by atoms with Crippen molar-refractivity contribution < 1.29 is 19.0 Å². The van der Waals surface area contributed by atoms with E-state index in [0.29, 0.717) is 22.8 Å². The number of hydrogen-bond donors (Lipinski definition) is 1. The second-order valence-electron chi connectivity index (χ2n) is 7.27. The van der Waals surface area contributed by atoms with Crippen LogP contribution in [0.15, 0.2) is 68.4 Å². The number of carbonyl (C=O) groups is 1. The third-order valence-corrected chi connectivity index (χ3v) is 8.31. The van der Waals surface area contributed by atoms with Gasteiger partial charge in [-0.05, 0) is 28.5 Å². The highest BCUT2D eigenvalue weighted by molar-refractivity contribution is 8.03. The summed E-state index contributed by atoms with van der Waals surface area (Å²) < 4.78 is 17.6. The van der Waals surface area contributed by atoms with Gasteiger partial charge in [0.2, 0.25) is 5.75 Å². The number of hydrazone groups is 1. The molecule has 1 amide bonds. The van der Waals surface area contributed by atoms with E-state index in [-0.39, 0.29) is 11.7 Å². The van der Waals surface area contributed by atoms with Crippen molar-refractivity contribution in [3.05, 3.63) is 65.7 Å². The summed E-state index contributed by atoms with van der Waals surface area (Å²) in [6.45, 7) is 0. The van der Waals surface area contributed by atoms with Crippen molar-refractivity contribution in [3.63, 3.8) is 0 Å². The predicted molar refractivity (Wildman–Crippen MR) is 146 cm³/mol. The lowest BCUT2D eigenvalue weighted by molar-refractivity contribution is -0.118. The van der Waals surface area contributed by atoms with Gasteiger partial charge in [0.15, 0.2) is 20.2 Å². The minimum absolute atomic E-state index is 0.170. The molecule has 0 aliphatic carbocycles. The van der Waals surface area contributed by atoms with Crippen LogP contribution in [0, 0.1) is 0 Å². The van der Waals surface area contributed by atoms with Crippen LogP contribution in [-0.4, -0.2) is 49.4 Å². The lowest BCUT2D eigenvalue weighted by Crippen LogP contribution is -2.19. The second kappa shape index (κ2) is 12.6. The molecule has 0 fully saturated rings. The first-order chi connectivity index (χ1) is 17.6. The van der Waals surface area contributed by atoms with Crippen LogP contribution < -0.4 is 19.6 Å². The highest BCUT2D eigenvalue weighted by Gasteiger charge is 2.15. The molecule has 0 saturated heterocycles. The Labute approximate surface area is 221 Å². The molecule has 1 heterocycles. The first kappa shape index (κ1) is 25.8. The quantitative estimate of drug-likeness (QED) is 0.157. The van der Waals surface area contributed by atoms with Gasteiger partial charge >= 0.3 is 0 Å². The summed E-state index contributed by atoms with van der Waals surface area (Å²) in [4.78, 5) is 12.3. The Morgan fingerprint density at radius 3 is 2.47 bits per heavy atom. The maximum absolute atomic E-state index is 12.3. The van der Waals surface area contributed by atoms with E-state index in [9.17, 15) is 4.79 Å². The van der Waals surface area contributed by atoms with Gasteiger partial charge in [-0.15, -0.1) is 10.2 Å². The van der Waals surface area contributed by atoms with Crippen molar-refractivity contribution in [1.29, 1.82) is 0 Å². The van der Waals surface area contributed by atoms with E-state index in [0.717, 1.165) is 14.4 Å². The fourth-order valence-corrected chi connectivity index (χ4v) is 6.25. The molecule has 0 radical (unpaired) electrons. The van der Waals surface area contributed by atoms with Crippen LogP contribution in [0.1, 0.15) is 11.1 Å². The Bertz CT molecular complexity index is 1370. The first-order valence-electron chi connectivity index (χ1n) is 10.8. The molecule has 0 aliphatic rings. The molecule has 8 nitrogen and oxygen atoms in total. The summed E-state index contributed by atoms with van der Waals surface area (Å²) in [5, 5.41) is 15.0. The Hall–Kier alpha value is -3.28. The van der Waals surface area contributed by atoms with Crippen LogP contribution in [0.5, 0.6) is 17.2 Å². The number of ether oxygens (including phenoxy) is 3. The topological polar surface area (TPSA) is 94.9 Å². The molecule has 0 aliphatic heterocycles. The smallest absolute Gasteiger partial charge is 0.250 e. The molecule has 36 heavy (non-hydrogen) atoms. The minimum Gasteiger partial charge on any atom is -0.493 e. The average Bonchev–Trinajstić information content (AvgIpc) is 3.38. The van der Waals surface area contributed by atoms with Crippen LogP contribution in [0.2, 0.25) is 0 Å². The summed E-state index contributed by atoms with van der Waals surface area (Å²) in [6.07, 6.45) is 1.50. The van der Waals surface area contributed by atoms with E-state index < -0.39 is 0 Å². The van der Waals surface area contributed by atoms with Crippen molar-refractivity contribution >= 4 is 57.8 Å². The molecule has 11 heteroatoms. The summed E-state index contributed by atoms with van der Waals surface area (Å²) >= 11 is 4.44. The Balaban J connectivity index is 1.28. The zero-order valence-electron chi connectivity index (χ0n) is 19.9. The molecule has 0 unspecified atom stereocenters. The molecule has 1 N–H and O–H groups in total. The second-order valence-corrected chi connectivity index (χ2v) is 10.7. The number of fused-ring (bicyclic) bond motifs is 1. The SMILES string of the molecule is COc1ccc(C=NNC(=O)CSc2nnc(SCc3cccc4ccccc34)s2)c(OC)c1OC. The maximum Gasteiger partial charge on any atom is 0.250 e. The fourth-order valence-electron chi connectivity index (χ4n) is 3.43. The molecule has 0 saturated carbocycles. The number of benzene rings is 3.